The van der Waals surface area contributed by atoms with Crippen LogP contribution in [0, 0.1) is 0 Å². The van der Waals surface area contributed by atoms with Crippen LogP contribution in [0.4, 0.5) is 0 Å². The maximum Gasteiger partial charge on any atom is 0.305 e. The Kier molecular flexibility index (Phi) is 4.96. The quantitative estimate of drug-likeness (QED) is 0.828. The van der Waals surface area contributed by atoms with Gasteiger partial charge in [0.2, 0.25) is 0 Å². The molecule has 0 aromatic heterocycles. The summed E-state index contributed by atoms with van der Waals surface area (Å²) in [5, 5.41) is 11.5. The second-order valence-corrected chi connectivity index (χ2v) is 4.95. The molecule has 0 heterocycles. The highest BCUT2D eigenvalue weighted by Crippen LogP contribution is 2.30. The van der Waals surface area contributed by atoms with Gasteiger partial charge in [-0.1, -0.05) is 6.07 Å². The minimum absolute atomic E-state index is 0.176. The van der Waals surface area contributed by atoms with Crippen molar-refractivity contribution in [2.24, 2.45) is 0 Å². The number of hydrogen-bond donors (Lipinski definition) is 2. The van der Waals surface area contributed by atoms with Crippen LogP contribution >= 0.6 is 0 Å². The summed E-state index contributed by atoms with van der Waals surface area (Å²) in [6.45, 7) is 3.29. The van der Waals surface area contributed by atoms with Gasteiger partial charge in [-0.3, -0.25) is 9.59 Å². The minimum atomic E-state index is -0.979. The Balaban J connectivity index is 3.01. The van der Waals surface area contributed by atoms with Crippen LogP contribution in [0.3, 0.4) is 0 Å². The third kappa shape index (κ3) is 3.88. The molecule has 0 bridgehead atoms. The van der Waals surface area contributed by atoms with Crippen molar-refractivity contribution < 1.29 is 24.2 Å². The molecule has 6 nitrogen and oxygen atoms in total. The number of methoxy groups -OCH3 is 2. The van der Waals surface area contributed by atoms with Crippen LogP contribution in [0.25, 0.3) is 0 Å². The number of ether oxygens (including phenoxy) is 2. The second kappa shape index (κ2) is 6.27. The van der Waals surface area contributed by atoms with E-state index in [4.69, 9.17) is 14.6 Å². The molecule has 0 saturated carbocycles. The first-order valence-electron chi connectivity index (χ1n) is 6.06. The Labute approximate surface area is 117 Å². The smallest absolute Gasteiger partial charge is 0.305 e. The number of carboxylic acids is 1. The summed E-state index contributed by atoms with van der Waals surface area (Å²) in [5.74, 6) is -0.630. The lowest BCUT2D eigenvalue weighted by Gasteiger charge is -2.25. The monoisotopic (exact) mass is 281 g/mol. The number of carbonyl (C=O) groups is 2. The molecule has 0 aliphatic rings. The van der Waals surface area contributed by atoms with Crippen LogP contribution in [-0.2, 0) is 4.79 Å². The van der Waals surface area contributed by atoms with Gasteiger partial charge >= 0.3 is 5.97 Å². The molecule has 2 N–H and O–H groups in total. The Morgan fingerprint density at radius 1 is 1.25 bits per heavy atom. The molecule has 1 aromatic carbocycles. The molecule has 1 amide bonds. The first-order chi connectivity index (χ1) is 9.30. The molecule has 1 rings (SSSR count). The van der Waals surface area contributed by atoms with Crippen LogP contribution < -0.4 is 14.8 Å². The molecule has 0 spiro atoms. The minimum Gasteiger partial charge on any atom is -0.493 e. The lowest BCUT2D eigenvalue weighted by atomic mass is 10.00. The molecule has 110 valence electrons. The maximum atomic E-state index is 12.3. The van der Waals surface area contributed by atoms with Crippen LogP contribution in [0.15, 0.2) is 18.2 Å². The number of nitrogens with one attached hydrogen (secondary N) is 1. The van der Waals surface area contributed by atoms with Gasteiger partial charge in [0, 0.05) is 5.54 Å². The summed E-state index contributed by atoms with van der Waals surface area (Å²) < 4.78 is 10.3. The van der Waals surface area contributed by atoms with E-state index in [2.05, 4.69) is 5.32 Å². The molecule has 0 saturated heterocycles. The highest BCUT2D eigenvalue weighted by Gasteiger charge is 2.26. The Morgan fingerprint density at radius 2 is 1.90 bits per heavy atom. The second-order valence-electron chi connectivity index (χ2n) is 4.95. The summed E-state index contributed by atoms with van der Waals surface area (Å²) in [6, 6.07) is 4.94. The lowest BCUT2D eigenvalue weighted by molar-refractivity contribution is -0.138. The molecule has 0 radical (unpaired) electrons. The number of carbonyl (C=O) groups excluding carboxylic acids is 1. The fourth-order valence-corrected chi connectivity index (χ4v) is 1.86. The van der Waals surface area contributed by atoms with Gasteiger partial charge in [0.25, 0.3) is 5.91 Å². The van der Waals surface area contributed by atoms with Gasteiger partial charge in [-0.05, 0) is 26.0 Å². The van der Waals surface area contributed by atoms with Crippen molar-refractivity contribution in [3.63, 3.8) is 0 Å². The standard InChI is InChI=1S/C14H19NO5/c1-14(2,8-11(16)17)15-13(18)9-6-5-7-10(19-3)12(9)20-4/h5-7H,8H2,1-4H3,(H,15,18)(H,16,17). The summed E-state index contributed by atoms with van der Waals surface area (Å²) in [6.07, 6.45) is -0.176. The molecule has 6 heteroatoms. The third-order valence-corrected chi connectivity index (χ3v) is 2.69. The Hall–Kier alpha value is -2.24. The topological polar surface area (TPSA) is 84.9 Å². The summed E-state index contributed by atoms with van der Waals surface area (Å²) in [4.78, 5) is 23.0. The van der Waals surface area contributed by atoms with E-state index in [0.29, 0.717) is 17.1 Å². The maximum absolute atomic E-state index is 12.3. The van der Waals surface area contributed by atoms with Crippen molar-refractivity contribution in [3.8, 4) is 11.5 Å². The molecule has 1 aromatic rings. The average Bonchev–Trinajstić information content (AvgIpc) is 2.35. The predicted octanol–water partition coefficient (Wildman–Crippen LogP) is 1.69. The first kappa shape index (κ1) is 15.8. The van der Waals surface area contributed by atoms with E-state index in [0.717, 1.165) is 0 Å². The van der Waals surface area contributed by atoms with Crippen LogP contribution in [0.1, 0.15) is 30.6 Å². The zero-order valence-corrected chi connectivity index (χ0v) is 12.0. The van der Waals surface area contributed by atoms with Gasteiger partial charge in [-0.25, -0.2) is 0 Å². The van der Waals surface area contributed by atoms with Gasteiger partial charge in [-0.15, -0.1) is 0 Å². The molecule has 0 atom stereocenters. The average molecular weight is 281 g/mol. The zero-order chi connectivity index (χ0) is 15.3. The number of rotatable bonds is 6. The van der Waals surface area contributed by atoms with E-state index in [-0.39, 0.29) is 6.42 Å². The highest BCUT2D eigenvalue weighted by molar-refractivity contribution is 5.98. The van der Waals surface area contributed by atoms with Crippen molar-refractivity contribution in [3.05, 3.63) is 23.8 Å². The molecular weight excluding hydrogens is 262 g/mol. The van der Waals surface area contributed by atoms with Crippen molar-refractivity contribution in [2.45, 2.75) is 25.8 Å². The lowest BCUT2D eigenvalue weighted by Crippen LogP contribution is -2.45. The molecule has 0 unspecified atom stereocenters. The summed E-state index contributed by atoms with van der Waals surface area (Å²) in [7, 11) is 2.92. The van der Waals surface area contributed by atoms with Crippen molar-refractivity contribution in [1.82, 2.24) is 5.32 Å². The van der Waals surface area contributed by atoms with E-state index in [9.17, 15) is 9.59 Å². The van der Waals surface area contributed by atoms with Crippen molar-refractivity contribution in [1.29, 1.82) is 0 Å². The van der Waals surface area contributed by atoms with Crippen LogP contribution in [0.5, 0.6) is 11.5 Å². The summed E-state index contributed by atoms with van der Waals surface area (Å²) in [5.41, 5.74) is -0.567. The number of carboxylic acid groups (broad SMARTS) is 1. The predicted molar refractivity (Wildman–Crippen MR) is 73.3 cm³/mol. The normalized spacial score (nSPS) is 10.8. The first-order valence-corrected chi connectivity index (χ1v) is 6.06. The highest BCUT2D eigenvalue weighted by atomic mass is 16.5. The van der Waals surface area contributed by atoms with E-state index in [1.54, 1.807) is 32.0 Å². The fourth-order valence-electron chi connectivity index (χ4n) is 1.86. The van der Waals surface area contributed by atoms with Gasteiger partial charge in [0.15, 0.2) is 11.5 Å². The van der Waals surface area contributed by atoms with Crippen LogP contribution in [-0.4, -0.2) is 36.7 Å². The Bertz CT molecular complexity index is 510. The number of amides is 1. The van der Waals surface area contributed by atoms with Gasteiger partial charge < -0.3 is 19.9 Å². The SMILES string of the molecule is COc1cccc(C(=O)NC(C)(C)CC(=O)O)c1OC. The van der Waals surface area contributed by atoms with Gasteiger partial charge in [0.1, 0.15) is 0 Å². The molecule has 0 fully saturated rings. The van der Waals surface area contributed by atoms with E-state index >= 15 is 0 Å². The van der Waals surface area contributed by atoms with Crippen LogP contribution in [0.2, 0.25) is 0 Å². The molecule has 0 aliphatic heterocycles. The zero-order valence-electron chi connectivity index (χ0n) is 12.0. The van der Waals surface area contributed by atoms with E-state index in [1.807, 2.05) is 0 Å². The summed E-state index contributed by atoms with van der Waals surface area (Å²) >= 11 is 0. The molecule has 0 aliphatic carbocycles. The van der Waals surface area contributed by atoms with E-state index < -0.39 is 17.4 Å². The number of para-hydroxylation sites is 1. The molecule has 20 heavy (non-hydrogen) atoms. The number of hydrogen-bond acceptors (Lipinski definition) is 4. The largest absolute Gasteiger partial charge is 0.493 e. The fraction of sp³-hybridized carbons (Fsp3) is 0.429. The van der Waals surface area contributed by atoms with Gasteiger partial charge in [0.05, 0.1) is 26.2 Å². The van der Waals surface area contributed by atoms with Crippen molar-refractivity contribution >= 4 is 11.9 Å². The molecular formula is C14H19NO5. The Morgan fingerprint density at radius 3 is 2.40 bits per heavy atom. The number of aliphatic carboxylic acids is 1. The third-order valence-electron chi connectivity index (χ3n) is 2.69. The van der Waals surface area contributed by atoms with E-state index in [1.165, 1.54) is 14.2 Å². The van der Waals surface area contributed by atoms with Gasteiger partial charge in [-0.2, -0.15) is 0 Å². The number of benzene rings is 1. The van der Waals surface area contributed by atoms with Crippen molar-refractivity contribution in [2.75, 3.05) is 14.2 Å².